The first-order valence-electron chi connectivity index (χ1n) is 3.52. The molecule has 4 heteroatoms. The van der Waals surface area contributed by atoms with Crippen LogP contribution in [-0.4, -0.2) is 0 Å². The highest BCUT2D eigenvalue weighted by atomic mass is 79.9. The van der Waals surface area contributed by atoms with E-state index in [9.17, 15) is 0 Å². The minimum absolute atomic E-state index is 0.693. The third-order valence-corrected chi connectivity index (χ3v) is 3.98. The second-order valence-electron chi connectivity index (χ2n) is 2.57. The summed E-state index contributed by atoms with van der Waals surface area (Å²) in [6.07, 6.45) is 0. The number of hydrogen-bond donors (Lipinski definition) is 1. The number of thiol groups is 1. The van der Waals surface area contributed by atoms with Crippen molar-refractivity contribution < 1.29 is 0 Å². The number of rotatable bonds is 0. The molecular formula is C9H4BrNS2. The smallest absolute Gasteiger partial charge is 0.101 e. The van der Waals surface area contributed by atoms with Crippen molar-refractivity contribution in [3.05, 3.63) is 27.5 Å². The Morgan fingerprint density at radius 1 is 1.46 bits per heavy atom. The van der Waals surface area contributed by atoms with E-state index in [1.165, 1.54) is 0 Å². The number of nitrogens with zero attached hydrogens (tertiary/aromatic N) is 1. The van der Waals surface area contributed by atoms with Gasteiger partial charge in [-0.2, -0.15) is 5.26 Å². The molecule has 1 heterocycles. The summed E-state index contributed by atoms with van der Waals surface area (Å²) in [5, 5.41) is 11.9. The summed E-state index contributed by atoms with van der Waals surface area (Å²) in [5.41, 5.74) is 0.693. The van der Waals surface area contributed by atoms with Gasteiger partial charge in [-0.25, -0.2) is 0 Å². The molecule has 1 nitrogen and oxygen atoms in total. The summed E-state index contributed by atoms with van der Waals surface area (Å²) in [6.45, 7) is 0. The first kappa shape index (κ1) is 9.07. The standard InChI is InChI=1S/C9H4BrNS2/c10-8-4-13-9-5(3-11)1-6(12)2-7(8)9/h1-2,4,12H. The highest BCUT2D eigenvalue weighted by Crippen LogP contribution is 2.34. The molecular weight excluding hydrogens is 266 g/mol. The van der Waals surface area contributed by atoms with E-state index in [1.54, 1.807) is 17.4 Å². The lowest BCUT2D eigenvalue weighted by Crippen LogP contribution is -1.75. The number of nitriles is 1. The van der Waals surface area contributed by atoms with Gasteiger partial charge < -0.3 is 0 Å². The third-order valence-electron chi connectivity index (χ3n) is 1.73. The zero-order valence-corrected chi connectivity index (χ0v) is 9.71. The van der Waals surface area contributed by atoms with Crippen LogP contribution in [-0.2, 0) is 0 Å². The van der Waals surface area contributed by atoms with Gasteiger partial charge in [0, 0.05) is 20.1 Å². The summed E-state index contributed by atoms with van der Waals surface area (Å²) in [4.78, 5) is 0.822. The lowest BCUT2D eigenvalue weighted by Gasteiger charge is -1.95. The highest BCUT2D eigenvalue weighted by molar-refractivity contribution is 9.10. The van der Waals surface area contributed by atoms with Crippen LogP contribution in [0.25, 0.3) is 10.1 Å². The van der Waals surface area contributed by atoms with Crippen LogP contribution in [0.15, 0.2) is 26.9 Å². The van der Waals surface area contributed by atoms with Crippen molar-refractivity contribution in [2.75, 3.05) is 0 Å². The lowest BCUT2D eigenvalue weighted by molar-refractivity contribution is 1.46. The molecule has 0 saturated heterocycles. The summed E-state index contributed by atoms with van der Waals surface area (Å²) in [6, 6.07) is 5.91. The van der Waals surface area contributed by atoms with Gasteiger partial charge in [0.1, 0.15) is 6.07 Å². The van der Waals surface area contributed by atoms with Crippen LogP contribution in [0.2, 0.25) is 0 Å². The van der Waals surface area contributed by atoms with Crippen molar-refractivity contribution in [3.63, 3.8) is 0 Å². The molecule has 0 radical (unpaired) electrons. The van der Waals surface area contributed by atoms with Crippen LogP contribution in [0.1, 0.15) is 5.56 Å². The quantitative estimate of drug-likeness (QED) is 0.723. The fourth-order valence-corrected chi connectivity index (χ4v) is 3.03. The van der Waals surface area contributed by atoms with E-state index in [2.05, 4.69) is 34.6 Å². The van der Waals surface area contributed by atoms with Crippen molar-refractivity contribution in [1.82, 2.24) is 0 Å². The normalized spacial score (nSPS) is 10.2. The molecule has 0 aliphatic carbocycles. The number of fused-ring (bicyclic) bond motifs is 1. The minimum atomic E-state index is 0.693. The Morgan fingerprint density at radius 2 is 2.23 bits per heavy atom. The summed E-state index contributed by atoms with van der Waals surface area (Å²) in [7, 11) is 0. The summed E-state index contributed by atoms with van der Waals surface area (Å²) in [5.74, 6) is 0. The molecule has 0 fully saturated rings. The Morgan fingerprint density at radius 3 is 2.92 bits per heavy atom. The third kappa shape index (κ3) is 1.48. The predicted octanol–water partition coefficient (Wildman–Crippen LogP) is 3.82. The molecule has 0 spiro atoms. The van der Waals surface area contributed by atoms with Gasteiger partial charge in [-0.05, 0) is 28.1 Å². The zero-order chi connectivity index (χ0) is 9.42. The molecule has 0 aliphatic rings. The molecule has 13 heavy (non-hydrogen) atoms. The summed E-state index contributed by atoms with van der Waals surface area (Å²) < 4.78 is 2.05. The van der Waals surface area contributed by atoms with E-state index in [-0.39, 0.29) is 0 Å². The van der Waals surface area contributed by atoms with Gasteiger partial charge >= 0.3 is 0 Å². The van der Waals surface area contributed by atoms with E-state index < -0.39 is 0 Å². The van der Waals surface area contributed by atoms with Crippen LogP contribution < -0.4 is 0 Å². The molecule has 0 atom stereocenters. The van der Waals surface area contributed by atoms with E-state index in [4.69, 9.17) is 5.26 Å². The first-order chi connectivity index (χ1) is 6.22. The topological polar surface area (TPSA) is 23.8 Å². The van der Waals surface area contributed by atoms with Crippen molar-refractivity contribution >= 4 is 50.0 Å². The molecule has 2 rings (SSSR count). The molecule has 64 valence electrons. The Balaban J connectivity index is 2.94. The monoisotopic (exact) mass is 269 g/mol. The van der Waals surface area contributed by atoms with E-state index in [0.717, 1.165) is 19.5 Å². The zero-order valence-electron chi connectivity index (χ0n) is 6.41. The molecule has 0 N–H and O–H groups in total. The van der Waals surface area contributed by atoms with Crippen molar-refractivity contribution in [2.24, 2.45) is 0 Å². The Hall–Kier alpha value is -0.500. The Labute approximate surface area is 93.5 Å². The second-order valence-corrected chi connectivity index (χ2v) is 4.82. The van der Waals surface area contributed by atoms with Crippen LogP contribution in [0.3, 0.4) is 0 Å². The predicted molar refractivity (Wildman–Crippen MR) is 61.5 cm³/mol. The Bertz CT molecular complexity index is 510. The lowest BCUT2D eigenvalue weighted by atomic mass is 10.2. The number of thiophene rings is 1. The fourth-order valence-electron chi connectivity index (χ4n) is 1.18. The summed E-state index contributed by atoms with van der Waals surface area (Å²) >= 11 is 9.24. The molecule has 0 saturated carbocycles. The van der Waals surface area contributed by atoms with Crippen LogP contribution in [0.4, 0.5) is 0 Å². The fraction of sp³-hybridized carbons (Fsp3) is 0. The maximum absolute atomic E-state index is 8.88. The highest BCUT2D eigenvalue weighted by Gasteiger charge is 2.06. The molecule has 2 aromatic rings. The van der Waals surface area contributed by atoms with Gasteiger partial charge in [0.05, 0.1) is 10.3 Å². The van der Waals surface area contributed by atoms with E-state index in [1.807, 2.05) is 11.4 Å². The van der Waals surface area contributed by atoms with Gasteiger partial charge in [-0.15, -0.1) is 24.0 Å². The molecule has 0 amide bonds. The van der Waals surface area contributed by atoms with Gasteiger partial charge in [0.2, 0.25) is 0 Å². The molecule has 1 aromatic heterocycles. The number of halogens is 1. The van der Waals surface area contributed by atoms with E-state index in [0.29, 0.717) is 5.56 Å². The number of benzene rings is 1. The maximum atomic E-state index is 8.88. The second kappa shape index (κ2) is 3.33. The van der Waals surface area contributed by atoms with E-state index >= 15 is 0 Å². The average Bonchev–Trinajstić information content (AvgIpc) is 2.47. The molecule has 0 aliphatic heterocycles. The maximum Gasteiger partial charge on any atom is 0.101 e. The van der Waals surface area contributed by atoms with Crippen molar-refractivity contribution in [2.45, 2.75) is 4.90 Å². The SMILES string of the molecule is N#Cc1cc(S)cc2c(Br)csc12. The molecule has 0 unspecified atom stereocenters. The Kier molecular flexibility index (Phi) is 2.33. The average molecular weight is 270 g/mol. The van der Waals surface area contributed by atoms with Crippen LogP contribution in [0, 0.1) is 11.3 Å². The van der Waals surface area contributed by atoms with Crippen molar-refractivity contribution in [1.29, 1.82) is 5.26 Å². The van der Waals surface area contributed by atoms with Gasteiger partial charge in [-0.1, -0.05) is 0 Å². The van der Waals surface area contributed by atoms with Crippen molar-refractivity contribution in [3.8, 4) is 6.07 Å². The van der Waals surface area contributed by atoms with Gasteiger partial charge in [0.25, 0.3) is 0 Å². The van der Waals surface area contributed by atoms with Gasteiger partial charge in [0.15, 0.2) is 0 Å². The number of hydrogen-bond acceptors (Lipinski definition) is 3. The van der Waals surface area contributed by atoms with Gasteiger partial charge in [-0.3, -0.25) is 0 Å². The molecule has 0 bridgehead atoms. The first-order valence-corrected chi connectivity index (χ1v) is 5.64. The van der Waals surface area contributed by atoms with Crippen LogP contribution in [0.5, 0.6) is 0 Å². The van der Waals surface area contributed by atoms with Crippen LogP contribution >= 0.6 is 39.9 Å². The minimum Gasteiger partial charge on any atom is -0.192 e. The largest absolute Gasteiger partial charge is 0.192 e. The molecule has 1 aromatic carbocycles.